The predicted molar refractivity (Wildman–Crippen MR) is 239 cm³/mol. The van der Waals surface area contributed by atoms with E-state index in [9.17, 15) is 24.3 Å². The van der Waals surface area contributed by atoms with Crippen molar-refractivity contribution in [2.24, 2.45) is 5.41 Å². The molecular weight excluding hydrogens is 753 g/mol. The van der Waals surface area contributed by atoms with Gasteiger partial charge in [-0.2, -0.15) is 0 Å². The molecule has 0 spiro atoms. The zero-order chi connectivity index (χ0) is 42.8. The highest BCUT2D eigenvalue weighted by atomic mass is 16.5. The van der Waals surface area contributed by atoms with Gasteiger partial charge in [-0.1, -0.05) is 219 Å². The average molecular weight is 827 g/mol. The second-order valence-corrected chi connectivity index (χ2v) is 16.5. The first-order chi connectivity index (χ1) is 29.4. The number of carboxylic acids is 1. The first-order valence-electron chi connectivity index (χ1n) is 23.2. The van der Waals surface area contributed by atoms with Gasteiger partial charge >= 0.3 is 23.9 Å². The second kappa shape index (κ2) is 32.3. The van der Waals surface area contributed by atoms with Gasteiger partial charge in [0, 0.05) is 12.8 Å². The zero-order valence-electron chi connectivity index (χ0n) is 36.5. The summed E-state index contributed by atoms with van der Waals surface area (Å²) < 4.78 is 16.4. The molecule has 0 amide bonds. The minimum absolute atomic E-state index is 0.0806. The number of unbranched alkanes of at least 4 members (excludes halogenated alkanes) is 20. The molecule has 0 aliphatic carbocycles. The molecule has 0 aromatic heterocycles. The lowest BCUT2D eigenvalue weighted by Crippen LogP contribution is -2.41. The maximum Gasteiger partial charge on any atom is 0.323 e. The molecule has 1 N–H and O–H groups in total. The van der Waals surface area contributed by atoms with E-state index in [0.29, 0.717) is 51.7 Å². The fraction of sp³-hybridized carbons (Fsp3) is 0.577. The molecule has 8 heteroatoms. The third-order valence-electron chi connectivity index (χ3n) is 11.5. The van der Waals surface area contributed by atoms with Crippen LogP contribution in [0.15, 0.2) is 91.0 Å². The Morgan fingerprint density at radius 1 is 0.367 bits per heavy atom. The van der Waals surface area contributed by atoms with E-state index in [1.165, 1.54) is 38.5 Å². The van der Waals surface area contributed by atoms with Crippen LogP contribution >= 0.6 is 0 Å². The molecule has 0 aliphatic rings. The van der Waals surface area contributed by atoms with E-state index in [1.807, 2.05) is 91.0 Å². The Morgan fingerprint density at radius 3 is 0.933 bits per heavy atom. The number of carboxylic acid groups (broad SMARTS) is 1. The van der Waals surface area contributed by atoms with E-state index >= 15 is 0 Å². The topological polar surface area (TPSA) is 116 Å². The monoisotopic (exact) mass is 827 g/mol. The molecule has 330 valence electrons. The first kappa shape index (κ1) is 49.9. The molecule has 0 saturated carbocycles. The molecule has 0 radical (unpaired) electrons. The Hall–Kier alpha value is -4.46. The lowest BCUT2D eigenvalue weighted by atomic mass is 9.77. The van der Waals surface area contributed by atoms with E-state index < -0.39 is 17.4 Å². The Labute approximate surface area is 361 Å². The van der Waals surface area contributed by atoms with Gasteiger partial charge in [0.05, 0.1) is 0 Å². The second-order valence-electron chi connectivity index (χ2n) is 16.5. The van der Waals surface area contributed by atoms with Crippen LogP contribution in [0.3, 0.4) is 0 Å². The maximum absolute atomic E-state index is 13.5. The molecule has 3 rings (SSSR count). The SMILES string of the molecule is O=C(CCCCCCCCCCCCCC(CCCCCCCCCCCCCC(=O)OCc1ccccc1)(C(=O)O)C(=O)OCc1ccccc1)OCc1ccccc1. The molecule has 3 aromatic carbocycles. The van der Waals surface area contributed by atoms with Gasteiger partial charge in [-0.15, -0.1) is 0 Å². The molecule has 0 fully saturated rings. The van der Waals surface area contributed by atoms with Crippen LogP contribution in [0.1, 0.15) is 184 Å². The summed E-state index contributed by atoms with van der Waals surface area (Å²) >= 11 is 0. The number of carbonyl (C=O) groups excluding carboxylic acids is 3. The van der Waals surface area contributed by atoms with Gasteiger partial charge in [0.1, 0.15) is 19.8 Å². The van der Waals surface area contributed by atoms with Crippen LogP contribution in [0, 0.1) is 5.41 Å². The van der Waals surface area contributed by atoms with E-state index in [1.54, 1.807) is 0 Å². The summed E-state index contributed by atoms with van der Waals surface area (Å²) in [7, 11) is 0. The van der Waals surface area contributed by atoms with Crippen molar-refractivity contribution in [3.8, 4) is 0 Å². The van der Waals surface area contributed by atoms with Gasteiger partial charge < -0.3 is 19.3 Å². The molecule has 3 aromatic rings. The van der Waals surface area contributed by atoms with Crippen molar-refractivity contribution in [3.05, 3.63) is 108 Å². The quantitative estimate of drug-likeness (QED) is 0.0267. The van der Waals surface area contributed by atoms with Crippen molar-refractivity contribution in [1.82, 2.24) is 0 Å². The normalized spacial score (nSPS) is 11.3. The number of benzene rings is 3. The molecule has 0 unspecified atom stereocenters. The van der Waals surface area contributed by atoms with Crippen LogP contribution < -0.4 is 0 Å². The molecule has 8 nitrogen and oxygen atoms in total. The molecular formula is C52H74O8. The van der Waals surface area contributed by atoms with Crippen molar-refractivity contribution in [2.75, 3.05) is 0 Å². The summed E-state index contributed by atoms with van der Waals surface area (Å²) in [6.07, 6.45) is 24.5. The summed E-state index contributed by atoms with van der Waals surface area (Å²) in [6, 6.07) is 29.0. The van der Waals surface area contributed by atoms with Crippen molar-refractivity contribution in [3.63, 3.8) is 0 Å². The number of rotatable bonds is 36. The molecule has 0 saturated heterocycles. The highest BCUT2D eigenvalue weighted by Gasteiger charge is 2.46. The van der Waals surface area contributed by atoms with Crippen LogP contribution in [0.25, 0.3) is 0 Å². The minimum atomic E-state index is -1.51. The van der Waals surface area contributed by atoms with Crippen molar-refractivity contribution < 1.29 is 38.5 Å². The zero-order valence-corrected chi connectivity index (χ0v) is 36.5. The lowest BCUT2D eigenvalue weighted by molar-refractivity contribution is -0.171. The van der Waals surface area contributed by atoms with E-state index in [2.05, 4.69) is 0 Å². The van der Waals surface area contributed by atoms with Crippen molar-refractivity contribution in [2.45, 2.75) is 187 Å². The van der Waals surface area contributed by atoms with Gasteiger partial charge in [0.2, 0.25) is 0 Å². The molecule has 0 bridgehead atoms. The minimum Gasteiger partial charge on any atom is -0.480 e. The van der Waals surface area contributed by atoms with Crippen molar-refractivity contribution >= 4 is 23.9 Å². The van der Waals surface area contributed by atoms with Crippen LogP contribution in [0.4, 0.5) is 0 Å². The number of hydrogen-bond acceptors (Lipinski definition) is 7. The predicted octanol–water partition coefficient (Wildman–Crippen LogP) is 13.4. The summed E-state index contributed by atoms with van der Waals surface area (Å²) in [5.74, 6) is -1.92. The fourth-order valence-electron chi connectivity index (χ4n) is 7.69. The molecule has 60 heavy (non-hydrogen) atoms. The number of carbonyl (C=O) groups is 4. The van der Waals surface area contributed by atoms with Gasteiger partial charge in [-0.25, -0.2) is 0 Å². The highest BCUT2D eigenvalue weighted by Crippen LogP contribution is 2.35. The lowest BCUT2D eigenvalue weighted by Gasteiger charge is -2.27. The third kappa shape index (κ3) is 22.8. The number of aliphatic carboxylic acids is 1. The number of ether oxygens (including phenoxy) is 3. The number of hydrogen-bond donors (Lipinski definition) is 1. The number of esters is 3. The van der Waals surface area contributed by atoms with Crippen LogP contribution in [-0.4, -0.2) is 29.0 Å². The molecule has 0 atom stereocenters. The Balaban J connectivity index is 1.23. The Kier molecular flexibility index (Phi) is 26.9. The smallest absolute Gasteiger partial charge is 0.323 e. The highest BCUT2D eigenvalue weighted by molar-refractivity contribution is 5.99. The van der Waals surface area contributed by atoms with E-state index in [-0.39, 0.29) is 18.5 Å². The van der Waals surface area contributed by atoms with Gasteiger partial charge in [0.25, 0.3) is 0 Å². The van der Waals surface area contributed by atoms with Gasteiger partial charge in [-0.05, 0) is 42.4 Å². The molecule has 0 heterocycles. The molecule has 0 aliphatic heterocycles. The largest absolute Gasteiger partial charge is 0.480 e. The third-order valence-corrected chi connectivity index (χ3v) is 11.5. The van der Waals surface area contributed by atoms with Crippen LogP contribution in [0.5, 0.6) is 0 Å². The van der Waals surface area contributed by atoms with Gasteiger partial charge in [-0.3, -0.25) is 19.2 Å². The summed E-state index contributed by atoms with van der Waals surface area (Å²) in [6.45, 7) is 0.759. The van der Waals surface area contributed by atoms with E-state index in [0.717, 1.165) is 107 Å². The Bertz CT molecular complexity index is 1480. The summed E-state index contributed by atoms with van der Waals surface area (Å²) in [5.41, 5.74) is 1.36. The standard InChI is InChI=1S/C52H74O8/c53-48(58-42-45-32-22-19-23-33-45)38-28-15-11-7-3-1-5-9-13-17-30-40-52(50(55)56,51(57)60-44-47-36-26-21-27-37-47)41-31-18-14-10-6-2-4-8-12-16-29-39-49(54)59-43-46-34-24-20-25-35-46/h19-27,32-37H,1-18,28-31,38-44H2,(H,55,56). The van der Waals surface area contributed by atoms with E-state index in [4.69, 9.17) is 14.2 Å². The first-order valence-corrected chi connectivity index (χ1v) is 23.2. The van der Waals surface area contributed by atoms with Crippen LogP contribution in [-0.2, 0) is 53.2 Å². The summed E-state index contributed by atoms with van der Waals surface area (Å²) in [5, 5.41) is 10.5. The fourth-order valence-corrected chi connectivity index (χ4v) is 7.69. The maximum atomic E-state index is 13.5. The Morgan fingerprint density at radius 2 is 0.633 bits per heavy atom. The average Bonchev–Trinajstić information content (AvgIpc) is 3.27. The van der Waals surface area contributed by atoms with Crippen LogP contribution in [0.2, 0.25) is 0 Å². The summed E-state index contributed by atoms with van der Waals surface area (Å²) in [4.78, 5) is 50.4. The van der Waals surface area contributed by atoms with Crippen molar-refractivity contribution in [1.29, 1.82) is 0 Å². The van der Waals surface area contributed by atoms with Gasteiger partial charge in [0.15, 0.2) is 5.41 Å².